The van der Waals surface area contributed by atoms with Crippen molar-refractivity contribution in [3.8, 4) is 11.1 Å². The lowest BCUT2D eigenvalue weighted by molar-refractivity contribution is -0.137. The molecule has 5 rings (SSSR count). The molecule has 1 aliphatic carbocycles. The van der Waals surface area contributed by atoms with E-state index in [-0.39, 0.29) is 6.04 Å². The summed E-state index contributed by atoms with van der Waals surface area (Å²) in [5.41, 5.74) is 4.30. The van der Waals surface area contributed by atoms with Crippen molar-refractivity contribution < 1.29 is 13.2 Å². The summed E-state index contributed by atoms with van der Waals surface area (Å²) in [7, 11) is 0. The SMILES string of the molecule is FC(F)(F)c1ccc(NC2CCC(Sc3ccc(-c4ccc5c(c4)C=NCC5)cc3)CC2)nc1. The molecular weight excluding hydrogens is 455 g/mol. The number of thioether (sulfide) groups is 1. The second kappa shape index (κ2) is 9.82. The highest BCUT2D eigenvalue weighted by molar-refractivity contribution is 8.00. The van der Waals surface area contributed by atoms with Crippen LogP contribution in [-0.4, -0.2) is 29.0 Å². The van der Waals surface area contributed by atoms with Crippen molar-refractivity contribution in [3.63, 3.8) is 0 Å². The molecule has 1 N–H and O–H groups in total. The first-order chi connectivity index (χ1) is 16.4. The van der Waals surface area contributed by atoms with Crippen molar-refractivity contribution in [1.82, 2.24) is 4.98 Å². The summed E-state index contributed by atoms with van der Waals surface area (Å²) in [6.07, 6.45) is 3.62. The van der Waals surface area contributed by atoms with Gasteiger partial charge in [0.15, 0.2) is 0 Å². The van der Waals surface area contributed by atoms with Gasteiger partial charge in [0, 0.05) is 35.1 Å². The van der Waals surface area contributed by atoms with E-state index in [4.69, 9.17) is 0 Å². The number of halogens is 3. The van der Waals surface area contributed by atoms with Gasteiger partial charge in [-0.1, -0.05) is 24.3 Å². The molecule has 0 unspecified atom stereocenters. The summed E-state index contributed by atoms with van der Waals surface area (Å²) in [6.45, 7) is 0.877. The van der Waals surface area contributed by atoms with Crippen molar-refractivity contribution in [1.29, 1.82) is 0 Å². The predicted molar refractivity (Wildman–Crippen MR) is 133 cm³/mol. The van der Waals surface area contributed by atoms with Crippen molar-refractivity contribution in [2.45, 2.75) is 54.5 Å². The van der Waals surface area contributed by atoms with Crippen LogP contribution in [-0.2, 0) is 12.6 Å². The Balaban J connectivity index is 1.13. The molecule has 0 atom stereocenters. The molecule has 1 aromatic heterocycles. The molecule has 2 aromatic carbocycles. The first kappa shape index (κ1) is 23.0. The average Bonchev–Trinajstić information content (AvgIpc) is 2.85. The van der Waals surface area contributed by atoms with E-state index < -0.39 is 11.7 Å². The maximum atomic E-state index is 12.7. The van der Waals surface area contributed by atoms with Crippen LogP contribution in [0.15, 0.2) is 70.7 Å². The molecule has 1 saturated carbocycles. The molecule has 0 saturated heterocycles. The minimum absolute atomic E-state index is 0.246. The summed E-state index contributed by atoms with van der Waals surface area (Å²) in [5, 5.41) is 3.84. The Hall–Kier alpha value is -2.80. The predicted octanol–water partition coefficient (Wildman–Crippen LogP) is 7.26. The van der Waals surface area contributed by atoms with E-state index in [0.29, 0.717) is 11.1 Å². The molecule has 0 spiro atoms. The van der Waals surface area contributed by atoms with Gasteiger partial charge in [-0.3, -0.25) is 4.99 Å². The van der Waals surface area contributed by atoms with Crippen LogP contribution in [0.5, 0.6) is 0 Å². The van der Waals surface area contributed by atoms with Gasteiger partial charge in [-0.05, 0) is 84.7 Å². The third-order valence-corrected chi connectivity index (χ3v) is 7.84. The Morgan fingerprint density at radius 3 is 2.35 bits per heavy atom. The van der Waals surface area contributed by atoms with Crippen molar-refractivity contribution in [2.75, 3.05) is 11.9 Å². The Kier molecular flexibility index (Phi) is 6.63. The molecule has 0 bridgehead atoms. The first-order valence-electron chi connectivity index (χ1n) is 11.6. The Labute approximate surface area is 201 Å². The normalized spacial score (nSPS) is 20.1. The first-order valence-corrected chi connectivity index (χ1v) is 12.5. The second-order valence-electron chi connectivity index (χ2n) is 8.89. The molecule has 34 heavy (non-hydrogen) atoms. The molecule has 0 amide bonds. The number of nitrogens with one attached hydrogen (secondary N) is 1. The quantitative estimate of drug-likeness (QED) is 0.417. The lowest BCUT2D eigenvalue weighted by Crippen LogP contribution is -2.27. The zero-order valence-corrected chi connectivity index (χ0v) is 19.5. The summed E-state index contributed by atoms with van der Waals surface area (Å²) >= 11 is 1.91. The van der Waals surface area contributed by atoms with Gasteiger partial charge in [0.25, 0.3) is 0 Å². The van der Waals surface area contributed by atoms with E-state index in [1.807, 2.05) is 18.0 Å². The number of rotatable bonds is 5. The van der Waals surface area contributed by atoms with Crippen molar-refractivity contribution in [3.05, 3.63) is 77.5 Å². The Morgan fingerprint density at radius 1 is 0.882 bits per heavy atom. The zero-order valence-electron chi connectivity index (χ0n) is 18.7. The van der Waals surface area contributed by atoms with E-state index in [1.54, 1.807) is 0 Å². The summed E-state index contributed by atoms with van der Waals surface area (Å²) in [5.74, 6) is 0.508. The van der Waals surface area contributed by atoms with Crippen LogP contribution >= 0.6 is 11.8 Å². The fraction of sp³-hybridized carbons (Fsp3) is 0.333. The minimum atomic E-state index is -4.35. The highest BCUT2D eigenvalue weighted by Crippen LogP contribution is 2.36. The summed E-state index contributed by atoms with van der Waals surface area (Å²) in [6, 6.07) is 18.1. The fourth-order valence-electron chi connectivity index (χ4n) is 4.57. The number of benzene rings is 2. The van der Waals surface area contributed by atoms with E-state index >= 15 is 0 Å². The molecule has 3 aromatic rings. The largest absolute Gasteiger partial charge is 0.417 e. The molecule has 1 aliphatic heterocycles. The molecule has 3 nitrogen and oxygen atoms in total. The van der Waals surface area contributed by atoms with Crippen LogP contribution in [0, 0.1) is 0 Å². The van der Waals surface area contributed by atoms with Gasteiger partial charge >= 0.3 is 6.18 Å². The average molecular weight is 482 g/mol. The van der Waals surface area contributed by atoms with Crippen LogP contribution in [0.1, 0.15) is 42.4 Å². The van der Waals surface area contributed by atoms with Crippen LogP contribution in [0.4, 0.5) is 19.0 Å². The van der Waals surface area contributed by atoms with Gasteiger partial charge in [-0.25, -0.2) is 4.98 Å². The molecule has 2 aliphatic rings. The molecule has 1 fully saturated rings. The maximum absolute atomic E-state index is 12.7. The Bertz CT molecular complexity index is 1150. The van der Waals surface area contributed by atoms with E-state index in [2.05, 4.69) is 57.8 Å². The fourth-order valence-corrected chi connectivity index (χ4v) is 5.76. The highest BCUT2D eigenvalue weighted by Gasteiger charge is 2.31. The van der Waals surface area contributed by atoms with Gasteiger partial charge in [0.05, 0.1) is 5.56 Å². The second-order valence-corrected chi connectivity index (χ2v) is 10.3. The van der Waals surface area contributed by atoms with Crippen molar-refractivity contribution in [2.24, 2.45) is 4.99 Å². The summed E-state index contributed by atoms with van der Waals surface area (Å²) in [4.78, 5) is 9.60. The van der Waals surface area contributed by atoms with Gasteiger partial charge in [0.1, 0.15) is 5.82 Å². The van der Waals surface area contributed by atoms with Crippen LogP contribution in [0.3, 0.4) is 0 Å². The van der Waals surface area contributed by atoms with E-state index in [9.17, 15) is 13.2 Å². The summed E-state index contributed by atoms with van der Waals surface area (Å²) < 4.78 is 38.1. The molecule has 176 valence electrons. The van der Waals surface area contributed by atoms with Crippen LogP contribution in [0.25, 0.3) is 11.1 Å². The number of hydrogen-bond acceptors (Lipinski definition) is 4. The number of anilines is 1. The lowest BCUT2D eigenvalue weighted by atomic mass is 9.95. The highest BCUT2D eigenvalue weighted by atomic mass is 32.2. The smallest absolute Gasteiger partial charge is 0.367 e. The number of aliphatic imine (C=N–C) groups is 1. The van der Waals surface area contributed by atoms with E-state index in [0.717, 1.165) is 50.9 Å². The van der Waals surface area contributed by atoms with Gasteiger partial charge in [0.2, 0.25) is 0 Å². The monoisotopic (exact) mass is 481 g/mol. The number of fused-ring (bicyclic) bond motifs is 1. The van der Waals surface area contributed by atoms with Crippen LogP contribution < -0.4 is 5.32 Å². The topological polar surface area (TPSA) is 37.3 Å². The number of pyridine rings is 1. The number of alkyl halides is 3. The van der Waals surface area contributed by atoms with Crippen LogP contribution in [0.2, 0.25) is 0 Å². The molecule has 7 heteroatoms. The third-order valence-electron chi connectivity index (χ3n) is 6.49. The molecular formula is C27H26F3N3S. The van der Waals surface area contributed by atoms with Gasteiger partial charge in [-0.2, -0.15) is 13.2 Å². The standard InChI is InChI=1S/C27H26F3N3S/c28-27(29,30)22-5-12-26(32-17-22)33-23-6-10-25(11-7-23)34-24-8-3-18(4-9-24)20-2-1-19-13-14-31-16-21(19)15-20/h1-5,8-9,12,15-17,23,25H,6-7,10-11,13-14H2,(H,32,33). The van der Waals surface area contributed by atoms with Crippen molar-refractivity contribution >= 4 is 23.8 Å². The minimum Gasteiger partial charge on any atom is -0.367 e. The molecule has 0 radical (unpaired) electrons. The molecule has 2 heterocycles. The van der Waals surface area contributed by atoms with Gasteiger partial charge < -0.3 is 5.32 Å². The number of nitrogens with zero attached hydrogens (tertiary/aromatic N) is 2. The zero-order chi connectivity index (χ0) is 23.5. The third kappa shape index (κ3) is 5.46. The van der Waals surface area contributed by atoms with Gasteiger partial charge in [-0.15, -0.1) is 11.8 Å². The maximum Gasteiger partial charge on any atom is 0.417 e. The number of aromatic nitrogens is 1. The lowest BCUT2D eigenvalue weighted by Gasteiger charge is -2.29. The van der Waals surface area contributed by atoms with E-state index in [1.165, 1.54) is 33.2 Å². The number of hydrogen-bond donors (Lipinski definition) is 1. The Morgan fingerprint density at radius 2 is 1.65 bits per heavy atom.